The summed E-state index contributed by atoms with van der Waals surface area (Å²) in [6.45, 7) is 1.99. The molecule has 4 heteroatoms. The van der Waals surface area contributed by atoms with Crippen LogP contribution in [0.25, 0.3) is 0 Å². The third-order valence-electron chi connectivity index (χ3n) is 3.89. The molecule has 0 spiro atoms. The van der Waals surface area contributed by atoms with Gasteiger partial charge >= 0.3 is 0 Å². The number of fused-ring (bicyclic) bond motifs is 1. The second kappa shape index (κ2) is 4.60. The van der Waals surface area contributed by atoms with Gasteiger partial charge in [-0.05, 0) is 37.7 Å². The Kier molecular flexibility index (Phi) is 2.76. The first-order chi connectivity index (χ1) is 9.38. The van der Waals surface area contributed by atoms with Crippen molar-refractivity contribution >= 4 is 0 Å². The molecule has 0 atom stereocenters. The van der Waals surface area contributed by atoms with Crippen LogP contribution in [0.5, 0.6) is 17.2 Å². The minimum absolute atomic E-state index is 0.316. The molecule has 0 amide bonds. The van der Waals surface area contributed by atoms with Gasteiger partial charge in [-0.2, -0.15) is 0 Å². The number of ether oxygens (including phenoxy) is 3. The molecular formula is C15H19NO3. The summed E-state index contributed by atoms with van der Waals surface area (Å²) in [7, 11) is 0. The third kappa shape index (κ3) is 2.63. The lowest BCUT2D eigenvalue weighted by atomic mass is 10.1. The van der Waals surface area contributed by atoms with Crippen molar-refractivity contribution < 1.29 is 14.2 Å². The number of benzene rings is 1. The highest BCUT2D eigenvalue weighted by Crippen LogP contribution is 2.39. The molecule has 102 valence electrons. The molecule has 0 bridgehead atoms. The Bertz CT molecular complexity index is 438. The predicted molar refractivity (Wildman–Crippen MR) is 70.6 cm³/mol. The van der Waals surface area contributed by atoms with Crippen LogP contribution in [-0.2, 0) is 6.54 Å². The zero-order chi connectivity index (χ0) is 12.7. The number of hydrogen-bond donors (Lipinski definition) is 1. The Hall–Kier alpha value is -1.42. The van der Waals surface area contributed by atoms with Gasteiger partial charge in [0.2, 0.25) is 6.79 Å². The Morgan fingerprint density at radius 2 is 1.89 bits per heavy atom. The van der Waals surface area contributed by atoms with Gasteiger partial charge < -0.3 is 19.5 Å². The van der Waals surface area contributed by atoms with Crippen LogP contribution in [0.2, 0.25) is 0 Å². The average molecular weight is 261 g/mol. The van der Waals surface area contributed by atoms with Crippen molar-refractivity contribution in [3.8, 4) is 17.2 Å². The van der Waals surface area contributed by atoms with Gasteiger partial charge in [0.25, 0.3) is 0 Å². The molecular weight excluding hydrogens is 242 g/mol. The number of rotatable bonds is 6. The fraction of sp³-hybridized carbons (Fsp3) is 0.600. The first-order valence-electron chi connectivity index (χ1n) is 7.17. The van der Waals surface area contributed by atoms with Crippen LogP contribution in [0.15, 0.2) is 12.1 Å². The Labute approximate surface area is 113 Å². The van der Waals surface area contributed by atoms with Crippen LogP contribution in [0.4, 0.5) is 0 Å². The van der Waals surface area contributed by atoms with Crippen molar-refractivity contribution in [1.29, 1.82) is 0 Å². The molecule has 3 aliphatic rings. The van der Waals surface area contributed by atoms with Gasteiger partial charge in [-0.15, -0.1) is 0 Å². The standard InChI is InChI=1S/C15H19NO3/c1-2-10(1)8-17-13-6-15-14(18-9-19-15)5-11(13)7-16-12-3-4-12/h5-6,10,12,16H,1-4,7-9H2. The first-order valence-corrected chi connectivity index (χ1v) is 7.17. The van der Waals surface area contributed by atoms with Gasteiger partial charge in [-0.25, -0.2) is 0 Å². The van der Waals surface area contributed by atoms with Crippen LogP contribution in [-0.4, -0.2) is 19.4 Å². The summed E-state index contributed by atoms with van der Waals surface area (Å²) in [6, 6.07) is 4.73. The van der Waals surface area contributed by atoms with Crippen molar-refractivity contribution in [2.75, 3.05) is 13.4 Å². The van der Waals surface area contributed by atoms with E-state index in [2.05, 4.69) is 11.4 Å². The minimum atomic E-state index is 0.316. The molecule has 0 aromatic heterocycles. The Morgan fingerprint density at radius 1 is 1.11 bits per heavy atom. The zero-order valence-electron chi connectivity index (χ0n) is 11.0. The van der Waals surface area contributed by atoms with Gasteiger partial charge in [-0.1, -0.05) is 0 Å². The van der Waals surface area contributed by atoms with E-state index in [9.17, 15) is 0 Å². The summed E-state index contributed by atoms with van der Waals surface area (Å²) >= 11 is 0. The second-order valence-electron chi connectivity index (χ2n) is 5.72. The fourth-order valence-electron chi connectivity index (χ4n) is 2.27. The lowest BCUT2D eigenvalue weighted by Gasteiger charge is -2.13. The fourth-order valence-corrected chi connectivity index (χ4v) is 2.27. The topological polar surface area (TPSA) is 39.7 Å². The summed E-state index contributed by atoms with van der Waals surface area (Å²) in [5, 5.41) is 3.53. The van der Waals surface area contributed by atoms with Gasteiger partial charge in [0.1, 0.15) is 5.75 Å². The van der Waals surface area contributed by atoms with E-state index in [1.807, 2.05) is 6.07 Å². The van der Waals surface area contributed by atoms with Crippen molar-refractivity contribution in [2.24, 2.45) is 5.92 Å². The molecule has 4 nitrogen and oxygen atoms in total. The summed E-state index contributed by atoms with van der Waals surface area (Å²) in [5.41, 5.74) is 1.18. The summed E-state index contributed by atoms with van der Waals surface area (Å²) in [4.78, 5) is 0. The average Bonchev–Trinajstić information content (AvgIpc) is 3.33. The van der Waals surface area contributed by atoms with Gasteiger partial charge in [0.05, 0.1) is 6.61 Å². The Morgan fingerprint density at radius 3 is 2.63 bits per heavy atom. The van der Waals surface area contributed by atoms with Gasteiger partial charge in [0.15, 0.2) is 11.5 Å². The second-order valence-corrected chi connectivity index (χ2v) is 5.72. The van der Waals surface area contributed by atoms with E-state index in [1.54, 1.807) is 0 Å². The van der Waals surface area contributed by atoms with E-state index in [-0.39, 0.29) is 0 Å². The van der Waals surface area contributed by atoms with Crippen LogP contribution >= 0.6 is 0 Å². The molecule has 2 aliphatic carbocycles. The number of nitrogens with one attached hydrogen (secondary N) is 1. The quantitative estimate of drug-likeness (QED) is 0.854. The van der Waals surface area contributed by atoms with Crippen molar-refractivity contribution in [2.45, 2.75) is 38.3 Å². The summed E-state index contributed by atoms with van der Waals surface area (Å²) in [5.74, 6) is 3.35. The van der Waals surface area contributed by atoms with E-state index in [1.165, 1.54) is 31.2 Å². The van der Waals surface area contributed by atoms with Gasteiger partial charge in [0, 0.05) is 24.2 Å². The summed E-state index contributed by atoms with van der Waals surface area (Å²) < 4.78 is 16.8. The zero-order valence-corrected chi connectivity index (χ0v) is 11.0. The number of hydrogen-bond acceptors (Lipinski definition) is 4. The third-order valence-corrected chi connectivity index (χ3v) is 3.89. The Balaban J connectivity index is 1.52. The molecule has 1 N–H and O–H groups in total. The maximum atomic E-state index is 5.96. The lowest BCUT2D eigenvalue weighted by Crippen LogP contribution is -2.16. The molecule has 2 fully saturated rings. The van der Waals surface area contributed by atoms with E-state index in [4.69, 9.17) is 14.2 Å². The van der Waals surface area contributed by atoms with Crippen LogP contribution in [0.1, 0.15) is 31.2 Å². The molecule has 1 aliphatic heterocycles. The van der Waals surface area contributed by atoms with Crippen LogP contribution < -0.4 is 19.5 Å². The smallest absolute Gasteiger partial charge is 0.231 e. The minimum Gasteiger partial charge on any atom is -0.493 e. The van der Waals surface area contributed by atoms with Gasteiger partial charge in [-0.3, -0.25) is 0 Å². The van der Waals surface area contributed by atoms with E-state index in [0.717, 1.165) is 36.3 Å². The maximum absolute atomic E-state index is 5.96. The highest BCUT2D eigenvalue weighted by atomic mass is 16.7. The van der Waals surface area contributed by atoms with Crippen molar-refractivity contribution in [3.63, 3.8) is 0 Å². The predicted octanol–water partition coefficient (Wildman–Crippen LogP) is 2.46. The van der Waals surface area contributed by atoms with Crippen LogP contribution in [0.3, 0.4) is 0 Å². The van der Waals surface area contributed by atoms with Crippen molar-refractivity contribution in [1.82, 2.24) is 5.32 Å². The van der Waals surface area contributed by atoms with Crippen molar-refractivity contribution in [3.05, 3.63) is 17.7 Å². The molecule has 0 radical (unpaired) electrons. The molecule has 0 saturated heterocycles. The van der Waals surface area contributed by atoms with E-state index >= 15 is 0 Å². The molecule has 2 saturated carbocycles. The molecule has 19 heavy (non-hydrogen) atoms. The molecule has 1 aromatic carbocycles. The van der Waals surface area contributed by atoms with E-state index < -0.39 is 0 Å². The normalized spacial score (nSPS) is 20.6. The van der Waals surface area contributed by atoms with Crippen LogP contribution in [0, 0.1) is 5.92 Å². The monoisotopic (exact) mass is 261 g/mol. The molecule has 1 aromatic rings. The molecule has 4 rings (SSSR count). The summed E-state index contributed by atoms with van der Waals surface area (Å²) in [6.07, 6.45) is 5.20. The highest BCUT2D eigenvalue weighted by molar-refractivity contribution is 5.51. The largest absolute Gasteiger partial charge is 0.493 e. The molecule has 0 unspecified atom stereocenters. The first kappa shape index (κ1) is 11.4. The maximum Gasteiger partial charge on any atom is 0.231 e. The van der Waals surface area contributed by atoms with E-state index in [0.29, 0.717) is 12.8 Å². The SMILES string of the molecule is c1c(CNC2CC2)c(OCC2CC2)cc2c1OCO2. The molecule has 1 heterocycles. The highest BCUT2D eigenvalue weighted by Gasteiger charge is 2.25. The lowest BCUT2D eigenvalue weighted by molar-refractivity contribution is 0.173.